The van der Waals surface area contributed by atoms with Crippen LogP contribution in [-0.2, 0) is 6.42 Å². The van der Waals surface area contributed by atoms with Crippen LogP contribution in [0.15, 0.2) is 74.1 Å². The van der Waals surface area contributed by atoms with Crippen molar-refractivity contribution in [2.24, 2.45) is 0 Å². The number of anilines is 1. The second-order valence-electron chi connectivity index (χ2n) is 5.70. The third-order valence-electron chi connectivity index (χ3n) is 3.81. The molecule has 132 valence electrons. The Balaban J connectivity index is 1.90. The first-order chi connectivity index (χ1) is 12.4. The summed E-state index contributed by atoms with van der Waals surface area (Å²) in [6, 6.07) is 18.7. The smallest absolute Gasteiger partial charge is 0.259 e. The van der Waals surface area contributed by atoms with Gasteiger partial charge in [0.15, 0.2) is 0 Å². The number of phenolic OH excluding ortho intramolecular Hbond substituents is 1. The Morgan fingerprint density at radius 3 is 2.35 bits per heavy atom. The van der Waals surface area contributed by atoms with Crippen molar-refractivity contribution in [3.8, 4) is 5.75 Å². The number of hydrogen-bond donors (Lipinski definition) is 2. The molecule has 0 fully saturated rings. The van der Waals surface area contributed by atoms with E-state index in [4.69, 9.17) is 0 Å². The normalized spacial score (nSPS) is 10.6. The molecular formula is C20H14Br3NO2. The molecule has 3 aromatic carbocycles. The second kappa shape index (κ2) is 8.37. The zero-order valence-electron chi connectivity index (χ0n) is 13.5. The maximum Gasteiger partial charge on any atom is 0.259 e. The standard InChI is InChI=1S/C20H14Br3NO2/c21-14-6-7-18(17(23)11-14)24-20(26)16-10-15(22)9-13(19(16)25)8-12-4-2-1-3-5-12/h1-7,9-11,25H,8H2,(H,24,26). The van der Waals surface area contributed by atoms with Crippen LogP contribution in [-0.4, -0.2) is 11.0 Å². The lowest BCUT2D eigenvalue weighted by molar-refractivity contribution is 0.102. The summed E-state index contributed by atoms with van der Waals surface area (Å²) in [4.78, 5) is 12.7. The quantitative estimate of drug-likeness (QED) is 0.396. The van der Waals surface area contributed by atoms with Gasteiger partial charge >= 0.3 is 0 Å². The van der Waals surface area contributed by atoms with Crippen molar-refractivity contribution < 1.29 is 9.90 Å². The lowest BCUT2D eigenvalue weighted by Crippen LogP contribution is -2.13. The molecule has 0 heterocycles. The molecule has 0 aliphatic carbocycles. The van der Waals surface area contributed by atoms with Gasteiger partial charge in [0.1, 0.15) is 5.75 Å². The number of phenols is 1. The monoisotopic (exact) mass is 537 g/mol. The predicted octanol–water partition coefficient (Wildman–Crippen LogP) is 6.52. The van der Waals surface area contributed by atoms with Crippen LogP contribution in [0.5, 0.6) is 5.75 Å². The number of carbonyl (C=O) groups is 1. The summed E-state index contributed by atoms with van der Waals surface area (Å²) < 4.78 is 2.39. The minimum absolute atomic E-state index is 0.0113. The molecule has 0 unspecified atom stereocenters. The Hall–Kier alpha value is -1.63. The molecule has 0 bridgehead atoms. The number of benzene rings is 3. The van der Waals surface area contributed by atoms with Crippen LogP contribution in [0, 0.1) is 0 Å². The van der Waals surface area contributed by atoms with E-state index in [-0.39, 0.29) is 17.2 Å². The highest BCUT2D eigenvalue weighted by molar-refractivity contribution is 9.11. The zero-order chi connectivity index (χ0) is 18.7. The molecule has 1 amide bonds. The summed E-state index contributed by atoms with van der Waals surface area (Å²) in [5.74, 6) is -0.385. The average molecular weight is 540 g/mol. The summed E-state index contributed by atoms with van der Waals surface area (Å²) >= 11 is 10.2. The van der Waals surface area contributed by atoms with Crippen LogP contribution < -0.4 is 5.32 Å². The van der Waals surface area contributed by atoms with Crippen LogP contribution in [0.3, 0.4) is 0 Å². The highest BCUT2D eigenvalue weighted by Crippen LogP contribution is 2.31. The first-order valence-corrected chi connectivity index (χ1v) is 10.1. The number of hydrogen-bond acceptors (Lipinski definition) is 2. The number of rotatable bonds is 4. The van der Waals surface area contributed by atoms with Gasteiger partial charge in [0.25, 0.3) is 5.91 Å². The Kier molecular flexibility index (Phi) is 6.16. The van der Waals surface area contributed by atoms with E-state index in [0.717, 1.165) is 19.0 Å². The van der Waals surface area contributed by atoms with E-state index in [1.54, 1.807) is 12.1 Å². The minimum Gasteiger partial charge on any atom is -0.507 e. The van der Waals surface area contributed by atoms with Crippen molar-refractivity contribution >= 4 is 59.4 Å². The SMILES string of the molecule is O=C(Nc1ccc(Br)cc1Br)c1cc(Br)cc(Cc2ccccc2)c1O. The van der Waals surface area contributed by atoms with Gasteiger partial charge in [0, 0.05) is 25.4 Å². The van der Waals surface area contributed by atoms with Crippen molar-refractivity contribution in [3.63, 3.8) is 0 Å². The molecular weight excluding hydrogens is 526 g/mol. The van der Waals surface area contributed by atoms with Gasteiger partial charge in [-0.15, -0.1) is 0 Å². The van der Waals surface area contributed by atoms with Crippen LogP contribution in [0.1, 0.15) is 21.5 Å². The van der Waals surface area contributed by atoms with Gasteiger partial charge < -0.3 is 10.4 Å². The molecule has 0 radical (unpaired) electrons. The fourth-order valence-electron chi connectivity index (χ4n) is 2.56. The highest BCUT2D eigenvalue weighted by atomic mass is 79.9. The molecule has 0 aliphatic rings. The van der Waals surface area contributed by atoms with Crippen LogP contribution >= 0.6 is 47.8 Å². The number of halogens is 3. The zero-order valence-corrected chi connectivity index (χ0v) is 18.2. The second-order valence-corrected chi connectivity index (χ2v) is 8.39. The van der Waals surface area contributed by atoms with Crippen LogP contribution in [0.4, 0.5) is 5.69 Å². The van der Waals surface area contributed by atoms with E-state index in [2.05, 4.69) is 53.1 Å². The topological polar surface area (TPSA) is 49.3 Å². The molecule has 3 aromatic rings. The molecule has 0 spiro atoms. The fraction of sp³-hybridized carbons (Fsp3) is 0.0500. The van der Waals surface area contributed by atoms with Crippen LogP contribution in [0.2, 0.25) is 0 Å². The van der Waals surface area contributed by atoms with E-state index in [0.29, 0.717) is 17.7 Å². The summed E-state index contributed by atoms with van der Waals surface area (Å²) in [5.41, 5.74) is 2.59. The lowest BCUT2D eigenvalue weighted by atomic mass is 10.0. The Bertz CT molecular complexity index is 959. The van der Waals surface area contributed by atoms with E-state index >= 15 is 0 Å². The van der Waals surface area contributed by atoms with Crippen molar-refractivity contribution in [1.29, 1.82) is 0 Å². The van der Waals surface area contributed by atoms with E-state index in [9.17, 15) is 9.90 Å². The first kappa shape index (κ1) is 19.1. The van der Waals surface area contributed by atoms with Gasteiger partial charge in [-0.1, -0.05) is 62.2 Å². The van der Waals surface area contributed by atoms with Gasteiger partial charge in [0.05, 0.1) is 11.3 Å². The lowest BCUT2D eigenvalue weighted by Gasteiger charge is -2.13. The van der Waals surface area contributed by atoms with Crippen molar-refractivity contribution in [3.05, 3.63) is 90.8 Å². The van der Waals surface area contributed by atoms with Crippen molar-refractivity contribution in [1.82, 2.24) is 0 Å². The molecule has 0 saturated carbocycles. The molecule has 0 saturated heterocycles. The Morgan fingerprint density at radius 1 is 0.923 bits per heavy atom. The van der Waals surface area contributed by atoms with Gasteiger partial charge in [-0.25, -0.2) is 0 Å². The third kappa shape index (κ3) is 4.55. The first-order valence-electron chi connectivity index (χ1n) is 7.76. The summed E-state index contributed by atoms with van der Waals surface area (Å²) in [5, 5.41) is 13.5. The van der Waals surface area contributed by atoms with Gasteiger partial charge in [0.2, 0.25) is 0 Å². The third-order valence-corrected chi connectivity index (χ3v) is 5.42. The maximum absolute atomic E-state index is 12.7. The Labute approximate surface area is 176 Å². The van der Waals surface area contributed by atoms with Gasteiger partial charge in [-0.3, -0.25) is 4.79 Å². The van der Waals surface area contributed by atoms with Crippen molar-refractivity contribution in [2.45, 2.75) is 6.42 Å². The van der Waals surface area contributed by atoms with Gasteiger partial charge in [-0.2, -0.15) is 0 Å². The average Bonchev–Trinajstić information content (AvgIpc) is 2.61. The minimum atomic E-state index is -0.374. The van der Waals surface area contributed by atoms with Gasteiger partial charge in [-0.05, 0) is 51.8 Å². The maximum atomic E-state index is 12.7. The number of nitrogens with one attached hydrogen (secondary N) is 1. The number of aromatic hydroxyl groups is 1. The highest BCUT2D eigenvalue weighted by Gasteiger charge is 2.17. The largest absolute Gasteiger partial charge is 0.507 e. The van der Waals surface area contributed by atoms with Crippen LogP contribution in [0.25, 0.3) is 0 Å². The molecule has 2 N–H and O–H groups in total. The van der Waals surface area contributed by atoms with E-state index in [1.165, 1.54) is 0 Å². The summed E-state index contributed by atoms with van der Waals surface area (Å²) in [7, 11) is 0. The molecule has 3 rings (SSSR count). The van der Waals surface area contributed by atoms with E-state index in [1.807, 2.05) is 48.5 Å². The predicted molar refractivity (Wildman–Crippen MR) is 115 cm³/mol. The number of amides is 1. The molecule has 0 atom stereocenters. The summed E-state index contributed by atoms with van der Waals surface area (Å²) in [6.45, 7) is 0. The molecule has 3 nitrogen and oxygen atoms in total. The number of carbonyl (C=O) groups excluding carboxylic acids is 1. The molecule has 0 aliphatic heterocycles. The fourth-order valence-corrected chi connectivity index (χ4v) is 4.21. The van der Waals surface area contributed by atoms with Crippen molar-refractivity contribution in [2.75, 3.05) is 5.32 Å². The van der Waals surface area contributed by atoms with E-state index < -0.39 is 0 Å². The molecule has 6 heteroatoms. The Morgan fingerprint density at radius 2 is 1.65 bits per heavy atom. The molecule has 0 aromatic heterocycles. The summed E-state index contributed by atoms with van der Waals surface area (Å²) in [6.07, 6.45) is 0.536. The molecule has 26 heavy (non-hydrogen) atoms.